The number of para-hydroxylation sites is 1. The Bertz CT molecular complexity index is 678. The van der Waals surface area contributed by atoms with Crippen LogP contribution in [0.5, 0.6) is 11.6 Å². The van der Waals surface area contributed by atoms with Crippen LogP contribution in [-0.4, -0.2) is 41.6 Å². The third-order valence-electron chi connectivity index (χ3n) is 3.08. The van der Waals surface area contributed by atoms with E-state index < -0.39 is 18.2 Å². The Balaban J connectivity index is 2.40. The van der Waals surface area contributed by atoms with Crippen molar-refractivity contribution >= 4 is 17.6 Å². The van der Waals surface area contributed by atoms with E-state index in [4.69, 9.17) is 25.8 Å². The van der Waals surface area contributed by atoms with Crippen molar-refractivity contribution in [3.05, 3.63) is 47.4 Å². The zero-order chi connectivity index (χ0) is 16.8. The van der Waals surface area contributed by atoms with E-state index in [1.165, 1.54) is 26.6 Å². The van der Waals surface area contributed by atoms with E-state index in [9.17, 15) is 9.90 Å². The molecular weight excluding hydrogens is 324 g/mol. The first-order valence-electron chi connectivity index (χ1n) is 6.59. The average molecular weight is 339 g/mol. The average Bonchev–Trinajstić information content (AvgIpc) is 2.53. The van der Waals surface area contributed by atoms with Gasteiger partial charge in [0.15, 0.2) is 6.29 Å². The van der Waals surface area contributed by atoms with Gasteiger partial charge in [0.05, 0.1) is 0 Å². The highest BCUT2D eigenvalue weighted by molar-refractivity contribution is 6.29. The second-order valence-corrected chi connectivity index (χ2v) is 4.86. The van der Waals surface area contributed by atoms with Crippen molar-refractivity contribution in [2.45, 2.75) is 12.2 Å². The Kier molecular flexibility index (Phi) is 5.86. The van der Waals surface area contributed by atoms with Gasteiger partial charge in [-0.1, -0.05) is 29.8 Å². The second-order valence-electron chi connectivity index (χ2n) is 4.47. The first kappa shape index (κ1) is 17.1. The third kappa shape index (κ3) is 4.16. The summed E-state index contributed by atoms with van der Waals surface area (Å²) in [5.41, 5.74) is 0.392. The predicted molar refractivity (Wildman–Crippen MR) is 81.7 cm³/mol. The molecule has 0 aliphatic heterocycles. The molecule has 0 amide bonds. The monoisotopic (exact) mass is 338 g/mol. The molecule has 1 heterocycles. The zero-order valence-corrected chi connectivity index (χ0v) is 13.2. The van der Waals surface area contributed by atoms with E-state index in [0.29, 0.717) is 11.3 Å². The normalized spacial score (nSPS) is 12.2. The molecule has 0 bridgehead atoms. The molecule has 1 unspecified atom stereocenters. The number of benzene rings is 1. The van der Waals surface area contributed by atoms with Crippen LogP contribution < -0.4 is 4.74 Å². The Morgan fingerprint density at radius 2 is 1.91 bits per heavy atom. The minimum absolute atomic E-state index is 0.202. The summed E-state index contributed by atoms with van der Waals surface area (Å²) in [6.07, 6.45) is 0.286. The van der Waals surface area contributed by atoms with Gasteiger partial charge in [0.2, 0.25) is 5.88 Å². The number of carboxylic acids is 1. The lowest BCUT2D eigenvalue weighted by atomic mass is 9.97. The molecule has 2 rings (SSSR count). The fraction of sp³-hybridized carbons (Fsp3) is 0.267. The van der Waals surface area contributed by atoms with Gasteiger partial charge < -0.3 is 19.3 Å². The third-order valence-corrected chi connectivity index (χ3v) is 3.29. The van der Waals surface area contributed by atoms with Gasteiger partial charge in [0.1, 0.15) is 23.1 Å². The van der Waals surface area contributed by atoms with E-state index in [1.54, 1.807) is 24.3 Å². The van der Waals surface area contributed by atoms with E-state index in [2.05, 4.69) is 9.97 Å². The van der Waals surface area contributed by atoms with Crippen LogP contribution in [0.25, 0.3) is 0 Å². The van der Waals surface area contributed by atoms with Crippen LogP contribution in [0.3, 0.4) is 0 Å². The maximum Gasteiger partial charge on any atom is 0.316 e. The van der Waals surface area contributed by atoms with Crippen LogP contribution in [0.2, 0.25) is 5.15 Å². The van der Waals surface area contributed by atoms with Crippen molar-refractivity contribution in [1.82, 2.24) is 9.97 Å². The van der Waals surface area contributed by atoms with Gasteiger partial charge in [-0.15, -0.1) is 0 Å². The van der Waals surface area contributed by atoms with Crippen molar-refractivity contribution in [3.8, 4) is 11.6 Å². The molecule has 1 aromatic heterocycles. The lowest BCUT2D eigenvalue weighted by Crippen LogP contribution is -2.29. The summed E-state index contributed by atoms with van der Waals surface area (Å²) in [6, 6.07) is 8.10. The van der Waals surface area contributed by atoms with Crippen LogP contribution in [0.1, 0.15) is 11.5 Å². The fourth-order valence-corrected chi connectivity index (χ4v) is 2.22. The number of aromatic nitrogens is 2. The summed E-state index contributed by atoms with van der Waals surface area (Å²) in [5, 5.41) is 9.75. The van der Waals surface area contributed by atoms with Gasteiger partial charge in [0.25, 0.3) is 0 Å². The smallest absolute Gasteiger partial charge is 0.316 e. The Labute approximate surface area is 137 Å². The molecule has 0 fully saturated rings. The second kappa shape index (κ2) is 7.87. The first-order chi connectivity index (χ1) is 11.1. The minimum atomic E-state index is -1.10. The molecule has 0 saturated carbocycles. The molecule has 0 saturated heterocycles. The number of halogens is 1. The number of nitrogens with zero attached hydrogens (tertiary/aromatic N) is 2. The quantitative estimate of drug-likeness (QED) is 0.613. The number of hydrogen-bond acceptors (Lipinski definition) is 6. The number of carbonyl (C=O) groups is 1. The van der Waals surface area contributed by atoms with Crippen LogP contribution in [0.4, 0.5) is 0 Å². The first-order valence-corrected chi connectivity index (χ1v) is 6.97. The van der Waals surface area contributed by atoms with Crippen molar-refractivity contribution in [1.29, 1.82) is 0 Å². The molecule has 23 heavy (non-hydrogen) atoms. The molecule has 7 nitrogen and oxygen atoms in total. The van der Waals surface area contributed by atoms with Gasteiger partial charge in [-0.2, -0.15) is 0 Å². The summed E-state index contributed by atoms with van der Waals surface area (Å²) >= 11 is 5.79. The molecule has 0 spiro atoms. The number of hydrogen-bond donors (Lipinski definition) is 1. The molecule has 1 aromatic carbocycles. The Hall–Kier alpha value is -2.22. The lowest BCUT2D eigenvalue weighted by Gasteiger charge is -2.23. The largest absolute Gasteiger partial charge is 0.481 e. The molecule has 1 atom stereocenters. The summed E-state index contributed by atoms with van der Waals surface area (Å²) in [7, 11) is 2.75. The van der Waals surface area contributed by atoms with Crippen molar-refractivity contribution in [2.75, 3.05) is 14.2 Å². The van der Waals surface area contributed by atoms with E-state index >= 15 is 0 Å². The summed E-state index contributed by atoms with van der Waals surface area (Å²) in [6.45, 7) is 0. The molecule has 2 aromatic rings. The zero-order valence-electron chi connectivity index (χ0n) is 12.5. The fourth-order valence-electron chi connectivity index (χ4n) is 2.08. The molecule has 0 radical (unpaired) electrons. The number of ether oxygens (including phenoxy) is 3. The van der Waals surface area contributed by atoms with Gasteiger partial charge in [-0.05, 0) is 6.07 Å². The highest BCUT2D eigenvalue weighted by atomic mass is 35.5. The highest BCUT2D eigenvalue weighted by Crippen LogP contribution is 2.33. The molecule has 122 valence electrons. The summed E-state index contributed by atoms with van der Waals surface area (Å²) < 4.78 is 15.8. The maximum atomic E-state index is 11.7. The number of methoxy groups -OCH3 is 2. The van der Waals surface area contributed by atoms with Crippen molar-refractivity contribution < 1.29 is 24.1 Å². The number of aliphatic carboxylic acids is 1. The Morgan fingerprint density at radius 3 is 2.52 bits per heavy atom. The van der Waals surface area contributed by atoms with E-state index in [1.807, 2.05) is 0 Å². The van der Waals surface area contributed by atoms with Crippen molar-refractivity contribution in [2.24, 2.45) is 0 Å². The van der Waals surface area contributed by atoms with E-state index in [-0.39, 0.29) is 11.0 Å². The lowest BCUT2D eigenvalue weighted by molar-refractivity contribution is -0.160. The highest BCUT2D eigenvalue weighted by Gasteiger charge is 2.32. The van der Waals surface area contributed by atoms with Crippen LogP contribution in [0, 0.1) is 0 Å². The summed E-state index contributed by atoms with van der Waals surface area (Å²) in [4.78, 5) is 19.4. The van der Waals surface area contributed by atoms with Crippen molar-refractivity contribution in [3.63, 3.8) is 0 Å². The maximum absolute atomic E-state index is 11.7. The number of carboxylic acid groups (broad SMARTS) is 1. The standard InChI is InChI=1S/C15H15ClN2O5/c1-21-15(22-2)13(14(19)20)9-5-3-4-6-10(9)23-12-7-11(16)17-8-18-12/h3-8,13,15H,1-2H3,(H,19,20). The number of rotatable bonds is 7. The molecule has 8 heteroatoms. The minimum Gasteiger partial charge on any atom is -0.481 e. The topological polar surface area (TPSA) is 90.8 Å². The van der Waals surface area contributed by atoms with Crippen LogP contribution >= 0.6 is 11.6 Å². The van der Waals surface area contributed by atoms with E-state index in [0.717, 1.165) is 0 Å². The predicted octanol–water partition coefficient (Wildman–Crippen LogP) is 2.71. The van der Waals surface area contributed by atoms with Gasteiger partial charge in [0, 0.05) is 25.8 Å². The van der Waals surface area contributed by atoms with Gasteiger partial charge >= 0.3 is 5.97 Å². The SMILES string of the molecule is COC(OC)C(C(=O)O)c1ccccc1Oc1cc(Cl)ncn1. The Morgan fingerprint density at radius 1 is 1.22 bits per heavy atom. The van der Waals surface area contributed by atoms with Gasteiger partial charge in [-0.25, -0.2) is 9.97 Å². The molecule has 1 N–H and O–H groups in total. The summed E-state index contributed by atoms with van der Waals surface area (Å²) in [5.74, 6) is -1.66. The molecule has 0 aliphatic carbocycles. The molecular formula is C15H15ClN2O5. The van der Waals surface area contributed by atoms with Gasteiger partial charge in [-0.3, -0.25) is 4.79 Å². The molecule has 0 aliphatic rings. The van der Waals surface area contributed by atoms with Crippen LogP contribution in [0.15, 0.2) is 36.7 Å². The van der Waals surface area contributed by atoms with Crippen LogP contribution in [-0.2, 0) is 14.3 Å².